The third-order valence-electron chi connectivity index (χ3n) is 4.77. The predicted molar refractivity (Wildman–Crippen MR) is 90.4 cm³/mol. The van der Waals surface area contributed by atoms with E-state index in [9.17, 15) is 9.90 Å². The fourth-order valence-electron chi connectivity index (χ4n) is 3.57. The van der Waals surface area contributed by atoms with Gasteiger partial charge in [-0.15, -0.1) is 0 Å². The van der Waals surface area contributed by atoms with Crippen molar-refractivity contribution in [3.05, 3.63) is 23.3 Å². The molecule has 2 N–H and O–H groups in total. The zero-order chi connectivity index (χ0) is 17.3. The van der Waals surface area contributed by atoms with Gasteiger partial charge in [-0.25, -0.2) is 9.97 Å². The van der Waals surface area contributed by atoms with Gasteiger partial charge in [0.15, 0.2) is 0 Å². The van der Waals surface area contributed by atoms with Crippen LogP contribution in [0, 0.1) is 12.3 Å². The molecule has 1 heterocycles. The number of aliphatic hydroxyl groups is 1. The van der Waals surface area contributed by atoms with E-state index in [1.807, 2.05) is 20.8 Å². The number of aromatic nitrogens is 2. The zero-order valence-corrected chi connectivity index (χ0v) is 14.9. The number of nitrogens with one attached hydrogen (secondary N) is 1. The van der Waals surface area contributed by atoms with Crippen LogP contribution in [0.25, 0.3) is 0 Å². The summed E-state index contributed by atoms with van der Waals surface area (Å²) in [5.74, 6) is 0.785. The first kappa shape index (κ1) is 17.9. The molecule has 0 aromatic carbocycles. The fourth-order valence-corrected chi connectivity index (χ4v) is 3.57. The zero-order valence-electron chi connectivity index (χ0n) is 14.9. The second-order valence-corrected chi connectivity index (χ2v) is 7.97. The highest BCUT2D eigenvalue weighted by molar-refractivity contribution is 5.95. The minimum Gasteiger partial charge on any atom is -0.394 e. The van der Waals surface area contributed by atoms with Crippen LogP contribution < -0.4 is 5.32 Å². The van der Waals surface area contributed by atoms with Gasteiger partial charge < -0.3 is 10.4 Å². The molecular formula is C18H29N3O2. The number of carbonyl (C=O) groups is 1. The first-order valence-corrected chi connectivity index (χ1v) is 8.45. The number of hydrogen-bond acceptors (Lipinski definition) is 4. The van der Waals surface area contributed by atoms with Crippen molar-refractivity contribution in [1.29, 1.82) is 0 Å². The second-order valence-electron chi connectivity index (χ2n) is 7.97. The fraction of sp³-hybridized carbons (Fsp3) is 0.722. The molecule has 1 aliphatic rings. The van der Waals surface area contributed by atoms with E-state index in [1.54, 1.807) is 6.20 Å². The molecular weight excluding hydrogens is 290 g/mol. The maximum Gasteiger partial charge on any atom is 0.255 e. The molecule has 0 radical (unpaired) electrons. The molecule has 1 unspecified atom stereocenters. The molecule has 0 aliphatic heterocycles. The summed E-state index contributed by atoms with van der Waals surface area (Å²) in [6.45, 7) is 10.2. The van der Waals surface area contributed by atoms with Crippen LogP contribution >= 0.6 is 0 Å². The van der Waals surface area contributed by atoms with Crippen LogP contribution in [0.5, 0.6) is 0 Å². The van der Waals surface area contributed by atoms with Crippen molar-refractivity contribution in [2.24, 2.45) is 5.41 Å². The average molecular weight is 319 g/mol. The Labute approximate surface area is 138 Å². The molecule has 1 amide bonds. The Balaban J connectivity index is 2.20. The van der Waals surface area contributed by atoms with E-state index in [0.717, 1.165) is 31.5 Å². The quantitative estimate of drug-likeness (QED) is 0.894. The van der Waals surface area contributed by atoms with Gasteiger partial charge in [0.1, 0.15) is 5.82 Å². The number of nitrogens with zero attached hydrogens (tertiary/aromatic N) is 2. The molecule has 128 valence electrons. The van der Waals surface area contributed by atoms with Gasteiger partial charge in [-0.2, -0.15) is 0 Å². The van der Waals surface area contributed by atoms with Gasteiger partial charge in [0.25, 0.3) is 5.91 Å². The molecule has 0 spiro atoms. The molecule has 5 nitrogen and oxygen atoms in total. The predicted octanol–water partition coefficient (Wildman–Crippen LogP) is 2.97. The van der Waals surface area contributed by atoms with Crippen LogP contribution in [0.15, 0.2) is 6.20 Å². The maximum atomic E-state index is 12.7. The minimum absolute atomic E-state index is 0.0356. The molecule has 1 aromatic heterocycles. The highest BCUT2D eigenvalue weighted by Crippen LogP contribution is 2.40. The highest BCUT2D eigenvalue weighted by atomic mass is 16.3. The van der Waals surface area contributed by atoms with E-state index in [1.165, 1.54) is 0 Å². The number of rotatable bonds is 4. The van der Waals surface area contributed by atoms with E-state index < -0.39 is 5.54 Å². The number of hydrogen-bond donors (Lipinski definition) is 2. The van der Waals surface area contributed by atoms with E-state index in [-0.39, 0.29) is 23.8 Å². The monoisotopic (exact) mass is 319 g/mol. The number of amides is 1. The SMILES string of the molecule is Cc1nc(C(C)C)ncc1C(=O)NC1(CO)CCCC(C)(C)C1. The van der Waals surface area contributed by atoms with E-state index >= 15 is 0 Å². The third kappa shape index (κ3) is 4.08. The van der Waals surface area contributed by atoms with E-state index in [0.29, 0.717) is 11.3 Å². The van der Waals surface area contributed by atoms with Gasteiger partial charge in [0.2, 0.25) is 0 Å². The van der Waals surface area contributed by atoms with Gasteiger partial charge in [-0.3, -0.25) is 4.79 Å². The van der Waals surface area contributed by atoms with Crippen LogP contribution in [0.2, 0.25) is 0 Å². The van der Waals surface area contributed by atoms with Crippen LogP contribution in [-0.4, -0.2) is 33.1 Å². The minimum atomic E-state index is -0.540. The average Bonchev–Trinajstić information content (AvgIpc) is 2.45. The summed E-state index contributed by atoms with van der Waals surface area (Å²) in [4.78, 5) is 21.4. The van der Waals surface area contributed by atoms with Crippen molar-refractivity contribution < 1.29 is 9.90 Å². The topological polar surface area (TPSA) is 75.1 Å². The number of carbonyl (C=O) groups excluding carboxylic acids is 1. The summed E-state index contributed by atoms with van der Waals surface area (Å²) in [5, 5.41) is 13.0. The second kappa shape index (κ2) is 6.56. The summed E-state index contributed by atoms with van der Waals surface area (Å²) < 4.78 is 0. The summed E-state index contributed by atoms with van der Waals surface area (Å²) in [6.07, 6.45) is 5.33. The first-order chi connectivity index (χ1) is 10.7. The van der Waals surface area contributed by atoms with E-state index in [2.05, 4.69) is 29.1 Å². The molecule has 1 aromatic rings. The Morgan fingerprint density at radius 2 is 2.09 bits per heavy atom. The Morgan fingerprint density at radius 1 is 1.39 bits per heavy atom. The van der Waals surface area contributed by atoms with Crippen molar-refractivity contribution >= 4 is 5.91 Å². The van der Waals surface area contributed by atoms with Crippen LogP contribution in [0.4, 0.5) is 0 Å². The van der Waals surface area contributed by atoms with Crippen molar-refractivity contribution in [2.45, 2.75) is 71.8 Å². The lowest BCUT2D eigenvalue weighted by atomic mass is 9.68. The smallest absolute Gasteiger partial charge is 0.255 e. The molecule has 5 heteroatoms. The van der Waals surface area contributed by atoms with Gasteiger partial charge in [-0.05, 0) is 31.6 Å². The maximum absolute atomic E-state index is 12.7. The van der Waals surface area contributed by atoms with E-state index in [4.69, 9.17) is 0 Å². The summed E-state index contributed by atoms with van der Waals surface area (Å²) in [7, 11) is 0. The van der Waals surface area contributed by atoms with Gasteiger partial charge >= 0.3 is 0 Å². The summed E-state index contributed by atoms with van der Waals surface area (Å²) >= 11 is 0. The molecule has 23 heavy (non-hydrogen) atoms. The molecule has 2 rings (SSSR count). The Bertz CT molecular complexity index is 584. The highest BCUT2D eigenvalue weighted by Gasteiger charge is 2.41. The molecule has 1 saturated carbocycles. The lowest BCUT2D eigenvalue weighted by molar-refractivity contribution is 0.0520. The third-order valence-corrected chi connectivity index (χ3v) is 4.77. The van der Waals surface area contributed by atoms with Crippen LogP contribution in [-0.2, 0) is 0 Å². The molecule has 0 bridgehead atoms. The molecule has 1 fully saturated rings. The van der Waals surface area contributed by atoms with Crippen molar-refractivity contribution in [3.8, 4) is 0 Å². The van der Waals surface area contributed by atoms with Crippen molar-refractivity contribution in [1.82, 2.24) is 15.3 Å². The molecule has 1 atom stereocenters. The van der Waals surface area contributed by atoms with Gasteiger partial charge in [0.05, 0.1) is 23.4 Å². The standard InChI is InChI=1S/C18H29N3O2/c1-12(2)15-19-9-14(13(3)20-15)16(23)21-18(11-22)8-6-7-17(4,5)10-18/h9,12,22H,6-8,10-11H2,1-5H3,(H,21,23). The first-order valence-electron chi connectivity index (χ1n) is 8.45. The van der Waals surface area contributed by atoms with Gasteiger partial charge in [0, 0.05) is 12.1 Å². The van der Waals surface area contributed by atoms with Gasteiger partial charge in [-0.1, -0.05) is 34.1 Å². The normalized spacial score (nSPS) is 23.8. The van der Waals surface area contributed by atoms with Crippen LogP contribution in [0.3, 0.4) is 0 Å². The Hall–Kier alpha value is -1.49. The summed E-state index contributed by atoms with van der Waals surface area (Å²) in [5.41, 5.74) is 0.762. The molecule has 1 aliphatic carbocycles. The largest absolute Gasteiger partial charge is 0.394 e. The Kier molecular flexibility index (Phi) is 5.09. The van der Waals surface area contributed by atoms with Crippen LogP contribution in [0.1, 0.15) is 81.2 Å². The Morgan fingerprint density at radius 3 is 2.61 bits per heavy atom. The molecule has 0 saturated heterocycles. The lowest BCUT2D eigenvalue weighted by Gasteiger charge is -2.44. The number of aliphatic hydroxyl groups excluding tert-OH is 1. The summed E-state index contributed by atoms with van der Waals surface area (Å²) in [6, 6.07) is 0. The number of aryl methyl sites for hydroxylation is 1. The van der Waals surface area contributed by atoms with Crippen molar-refractivity contribution in [2.75, 3.05) is 6.61 Å². The lowest BCUT2D eigenvalue weighted by Crippen LogP contribution is -2.55. The van der Waals surface area contributed by atoms with Crippen molar-refractivity contribution in [3.63, 3.8) is 0 Å².